The van der Waals surface area contributed by atoms with E-state index in [1.165, 1.54) is 45.1 Å². The lowest BCUT2D eigenvalue weighted by Gasteiger charge is -2.17. The number of hydrogen-bond acceptors (Lipinski definition) is 5. The highest BCUT2D eigenvalue weighted by molar-refractivity contribution is 6.28. The van der Waals surface area contributed by atoms with Crippen LogP contribution in [0.5, 0.6) is 0 Å². The van der Waals surface area contributed by atoms with Gasteiger partial charge >= 0.3 is 0 Å². The fourth-order valence-corrected chi connectivity index (χ4v) is 4.30. The van der Waals surface area contributed by atoms with Crippen molar-refractivity contribution in [3.8, 4) is 0 Å². The minimum Gasteiger partial charge on any atom is -0.344 e. The Kier molecular flexibility index (Phi) is 6.44. The topological polar surface area (TPSA) is 58.2 Å². The Morgan fingerprint density at radius 3 is 2.43 bits per heavy atom. The summed E-state index contributed by atoms with van der Waals surface area (Å²) >= 11 is 0. The second-order valence-corrected chi connectivity index (χ2v) is 8.81. The number of likely N-dealkylation sites (N-methyl/N-ethyl adjacent to an activating group) is 1. The van der Waals surface area contributed by atoms with Crippen LogP contribution in [-0.2, 0) is 13.0 Å². The minimum atomic E-state index is -0.0673. The van der Waals surface area contributed by atoms with Gasteiger partial charge < -0.3 is 14.4 Å². The van der Waals surface area contributed by atoms with E-state index >= 15 is 0 Å². The van der Waals surface area contributed by atoms with Crippen LogP contribution in [0.4, 0.5) is 0 Å². The number of aromatic nitrogens is 2. The van der Waals surface area contributed by atoms with Crippen molar-refractivity contribution in [3.63, 3.8) is 0 Å². The van der Waals surface area contributed by atoms with E-state index in [-0.39, 0.29) is 11.6 Å². The largest absolute Gasteiger partial charge is 0.344 e. The molecule has 2 aliphatic rings. The molecule has 0 atom stereocenters. The van der Waals surface area contributed by atoms with E-state index in [0.717, 1.165) is 37.9 Å². The maximum absolute atomic E-state index is 13.2. The lowest BCUT2D eigenvalue weighted by Crippen LogP contribution is -2.24. The standard InChI is InChI=1S/C24H32N4O2/c1-26(2)13-9-18-17-28(12-7-5-3-4-6-11-27-14-15-27)22-21(18)23(29)19-8-10-25-16-20(19)24(22)30/h8,10,16-17H,3-7,9,11-15H2,1-2H3. The van der Waals surface area contributed by atoms with Gasteiger partial charge in [-0.2, -0.15) is 0 Å². The van der Waals surface area contributed by atoms with E-state index in [1.54, 1.807) is 12.3 Å². The number of rotatable bonds is 11. The highest BCUT2D eigenvalue weighted by Crippen LogP contribution is 2.31. The van der Waals surface area contributed by atoms with Crippen molar-refractivity contribution < 1.29 is 9.59 Å². The predicted octanol–water partition coefficient (Wildman–Crippen LogP) is 3.03. The first-order chi connectivity index (χ1) is 14.6. The third-order valence-corrected chi connectivity index (χ3v) is 6.15. The lowest BCUT2D eigenvalue weighted by atomic mass is 9.87. The van der Waals surface area contributed by atoms with E-state index in [4.69, 9.17) is 0 Å². The summed E-state index contributed by atoms with van der Waals surface area (Å²) in [7, 11) is 4.05. The summed E-state index contributed by atoms with van der Waals surface area (Å²) in [6.07, 6.45) is 11.9. The molecule has 30 heavy (non-hydrogen) atoms. The average Bonchev–Trinajstić information content (AvgIpc) is 3.49. The molecule has 3 heterocycles. The number of pyridine rings is 1. The highest BCUT2D eigenvalue weighted by Gasteiger charge is 2.35. The first kappa shape index (κ1) is 20.9. The zero-order valence-corrected chi connectivity index (χ0v) is 18.2. The zero-order chi connectivity index (χ0) is 21.1. The Hall–Kier alpha value is -2.31. The number of unbranched alkanes of at least 4 members (excludes halogenated alkanes) is 4. The number of carbonyl (C=O) groups excluding carboxylic acids is 2. The number of hydrogen-bond donors (Lipinski definition) is 0. The van der Waals surface area contributed by atoms with E-state index < -0.39 is 0 Å². The van der Waals surface area contributed by atoms with Gasteiger partial charge in [-0.05, 0) is 51.5 Å². The van der Waals surface area contributed by atoms with Crippen LogP contribution in [0.2, 0.25) is 0 Å². The van der Waals surface area contributed by atoms with Crippen molar-refractivity contribution in [2.75, 3.05) is 40.3 Å². The summed E-state index contributed by atoms with van der Waals surface area (Å²) < 4.78 is 2.03. The minimum absolute atomic E-state index is 0.0374. The van der Waals surface area contributed by atoms with Crippen LogP contribution in [-0.4, -0.2) is 71.2 Å². The third-order valence-electron chi connectivity index (χ3n) is 6.15. The van der Waals surface area contributed by atoms with Crippen molar-refractivity contribution in [3.05, 3.63) is 52.6 Å². The van der Waals surface area contributed by atoms with Crippen LogP contribution < -0.4 is 0 Å². The van der Waals surface area contributed by atoms with Gasteiger partial charge in [0.05, 0.1) is 11.1 Å². The normalized spacial score (nSPS) is 15.6. The summed E-state index contributed by atoms with van der Waals surface area (Å²) in [4.78, 5) is 35.1. The molecule has 6 nitrogen and oxygen atoms in total. The molecule has 1 fully saturated rings. The molecular weight excluding hydrogens is 376 g/mol. The molecule has 2 aromatic rings. The van der Waals surface area contributed by atoms with E-state index in [9.17, 15) is 9.59 Å². The lowest BCUT2D eigenvalue weighted by molar-refractivity contribution is 0.0972. The van der Waals surface area contributed by atoms with Crippen molar-refractivity contribution in [2.45, 2.75) is 45.1 Å². The van der Waals surface area contributed by atoms with E-state index in [2.05, 4.69) is 14.8 Å². The monoisotopic (exact) mass is 408 g/mol. The molecule has 0 bridgehead atoms. The summed E-state index contributed by atoms with van der Waals surface area (Å²) in [6, 6.07) is 1.67. The molecule has 1 aliphatic heterocycles. The van der Waals surface area contributed by atoms with Gasteiger partial charge in [-0.25, -0.2) is 0 Å². The Bertz CT molecular complexity index is 927. The number of nitrogens with zero attached hydrogens (tertiary/aromatic N) is 4. The first-order valence-corrected chi connectivity index (χ1v) is 11.2. The van der Waals surface area contributed by atoms with Gasteiger partial charge in [-0.15, -0.1) is 0 Å². The highest BCUT2D eigenvalue weighted by atomic mass is 16.1. The summed E-state index contributed by atoms with van der Waals surface area (Å²) in [5.74, 6) is -0.105. The molecule has 0 saturated carbocycles. The molecule has 0 spiro atoms. The van der Waals surface area contributed by atoms with E-state index in [1.807, 2.05) is 24.9 Å². The first-order valence-electron chi connectivity index (χ1n) is 11.2. The maximum atomic E-state index is 13.2. The SMILES string of the molecule is CN(C)CCc1cn(CCCCCCCN2CC2)c2c1C(=O)c1ccncc1C2=O. The summed E-state index contributed by atoms with van der Waals surface area (Å²) in [5, 5.41) is 0. The van der Waals surface area contributed by atoms with Crippen LogP contribution in [0.25, 0.3) is 0 Å². The van der Waals surface area contributed by atoms with Crippen LogP contribution in [0.3, 0.4) is 0 Å². The fraction of sp³-hybridized carbons (Fsp3) is 0.542. The van der Waals surface area contributed by atoms with Crippen molar-refractivity contribution in [2.24, 2.45) is 0 Å². The quantitative estimate of drug-likeness (QED) is 0.361. The van der Waals surface area contributed by atoms with Crippen LogP contribution in [0.1, 0.15) is 69.6 Å². The van der Waals surface area contributed by atoms with Gasteiger partial charge in [0.25, 0.3) is 0 Å². The molecule has 0 radical (unpaired) electrons. The summed E-state index contributed by atoms with van der Waals surface area (Å²) in [5.41, 5.74) is 3.08. The molecule has 2 aromatic heterocycles. The Balaban J connectivity index is 1.47. The molecule has 1 aliphatic carbocycles. The number of fused-ring (bicyclic) bond motifs is 2. The molecule has 160 valence electrons. The molecule has 1 saturated heterocycles. The molecular formula is C24H32N4O2. The van der Waals surface area contributed by atoms with Gasteiger partial charge in [0, 0.05) is 50.3 Å². The summed E-state index contributed by atoms with van der Waals surface area (Å²) in [6.45, 7) is 5.42. The second kappa shape index (κ2) is 9.23. The van der Waals surface area contributed by atoms with Crippen molar-refractivity contribution >= 4 is 11.6 Å². The maximum Gasteiger partial charge on any atom is 0.212 e. The second-order valence-electron chi connectivity index (χ2n) is 8.81. The Morgan fingerprint density at radius 1 is 0.967 bits per heavy atom. The molecule has 6 heteroatoms. The zero-order valence-electron chi connectivity index (χ0n) is 18.2. The average molecular weight is 409 g/mol. The molecule has 0 unspecified atom stereocenters. The molecule has 0 N–H and O–H groups in total. The fourth-order valence-electron chi connectivity index (χ4n) is 4.30. The van der Waals surface area contributed by atoms with Crippen molar-refractivity contribution in [1.82, 2.24) is 19.4 Å². The number of carbonyl (C=O) groups is 2. The Morgan fingerprint density at radius 2 is 1.70 bits per heavy atom. The molecule has 0 aromatic carbocycles. The van der Waals surface area contributed by atoms with Crippen LogP contribution in [0.15, 0.2) is 24.7 Å². The van der Waals surface area contributed by atoms with Gasteiger partial charge in [0.2, 0.25) is 5.78 Å². The number of ketones is 2. The van der Waals surface area contributed by atoms with Crippen LogP contribution in [0, 0.1) is 0 Å². The van der Waals surface area contributed by atoms with Gasteiger partial charge in [0.1, 0.15) is 5.69 Å². The van der Waals surface area contributed by atoms with Crippen LogP contribution >= 0.6 is 0 Å². The number of aryl methyl sites for hydroxylation is 1. The predicted molar refractivity (Wildman–Crippen MR) is 117 cm³/mol. The molecule has 0 amide bonds. The molecule has 4 rings (SSSR count). The smallest absolute Gasteiger partial charge is 0.212 e. The van der Waals surface area contributed by atoms with Gasteiger partial charge in [-0.3, -0.25) is 14.6 Å². The Labute approximate surface area is 178 Å². The third kappa shape index (κ3) is 4.55. The van der Waals surface area contributed by atoms with Gasteiger partial charge in [0.15, 0.2) is 5.78 Å². The van der Waals surface area contributed by atoms with Crippen molar-refractivity contribution in [1.29, 1.82) is 0 Å². The van der Waals surface area contributed by atoms with E-state index in [0.29, 0.717) is 22.4 Å². The van der Waals surface area contributed by atoms with Gasteiger partial charge in [-0.1, -0.05) is 19.3 Å².